The molecule has 3 rings (SSSR count). The Bertz CT molecular complexity index is 872. The van der Waals surface area contributed by atoms with Crippen LogP contribution in [0.3, 0.4) is 0 Å². The van der Waals surface area contributed by atoms with Gasteiger partial charge in [0.05, 0.1) is 11.1 Å². The number of halogens is 1. The van der Waals surface area contributed by atoms with E-state index in [0.29, 0.717) is 35.6 Å². The van der Waals surface area contributed by atoms with Crippen molar-refractivity contribution in [2.75, 3.05) is 0 Å². The molecule has 1 fully saturated rings. The number of urea groups is 1. The minimum atomic E-state index is -0.589. The molecule has 0 radical (unpaired) electrons. The standard InChI is InChI=1S/C24H31ClN2O4/c1-3-20(29)22-19(12-10-16-8-6-4-5-7-9-16)26-24(30)27-23(22)17-11-13-21(18(25)14-17)31-15(2)28/h11,13-14,16,23H,3-10,12H2,1-2H3,(H2,26,27,30)/t23-/m0/s1. The lowest BCUT2D eigenvalue weighted by atomic mass is 9.87. The van der Waals surface area contributed by atoms with E-state index in [-0.39, 0.29) is 22.6 Å². The second-order valence-electron chi connectivity index (χ2n) is 8.38. The predicted octanol–water partition coefficient (Wildman–Crippen LogP) is 5.60. The molecule has 6 nitrogen and oxygen atoms in total. The van der Waals surface area contributed by atoms with Gasteiger partial charge in [-0.25, -0.2) is 4.79 Å². The van der Waals surface area contributed by atoms with E-state index in [0.717, 1.165) is 6.42 Å². The summed E-state index contributed by atoms with van der Waals surface area (Å²) in [7, 11) is 0. The summed E-state index contributed by atoms with van der Waals surface area (Å²) < 4.78 is 5.09. The van der Waals surface area contributed by atoms with Crippen LogP contribution in [0.2, 0.25) is 5.02 Å². The molecule has 2 N–H and O–H groups in total. The molecule has 2 aliphatic rings. The third kappa shape index (κ3) is 6.10. The maximum Gasteiger partial charge on any atom is 0.319 e. The van der Waals surface area contributed by atoms with Crippen LogP contribution in [0.15, 0.2) is 29.5 Å². The second-order valence-corrected chi connectivity index (χ2v) is 8.79. The van der Waals surface area contributed by atoms with Crippen molar-refractivity contribution in [1.29, 1.82) is 0 Å². The number of ketones is 1. The van der Waals surface area contributed by atoms with Gasteiger partial charge in [-0.3, -0.25) is 9.59 Å². The fraction of sp³-hybridized carbons (Fsp3) is 0.542. The largest absolute Gasteiger partial charge is 0.425 e. The zero-order valence-corrected chi connectivity index (χ0v) is 19.0. The number of allylic oxidation sites excluding steroid dienone is 1. The Balaban J connectivity index is 1.89. The first-order valence-electron chi connectivity index (χ1n) is 11.2. The minimum Gasteiger partial charge on any atom is -0.425 e. The van der Waals surface area contributed by atoms with Crippen LogP contribution < -0.4 is 15.4 Å². The van der Waals surface area contributed by atoms with Gasteiger partial charge in [0.15, 0.2) is 5.78 Å². The van der Waals surface area contributed by atoms with Gasteiger partial charge in [0.1, 0.15) is 5.75 Å². The van der Waals surface area contributed by atoms with Crippen LogP contribution in [0.1, 0.15) is 83.2 Å². The van der Waals surface area contributed by atoms with Crippen LogP contribution in [0.25, 0.3) is 0 Å². The fourth-order valence-corrected chi connectivity index (χ4v) is 4.75. The molecule has 2 amide bonds. The van der Waals surface area contributed by atoms with Crippen molar-refractivity contribution >= 4 is 29.4 Å². The molecule has 1 heterocycles. The molecule has 1 atom stereocenters. The summed E-state index contributed by atoms with van der Waals surface area (Å²) in [6.07, 6.45) is 9.53. The van der Waals surface area contributed by atoms with E-state index in [4.69, 9.17) is 16.3 Å². The lowest BCUT2D eigenvalue weighted by Crippen LogP contribution is -2.45. The summed E-state index contributed by atoms with van der Waals surface area (Å²) in [5.74, 6) is 0.413. The molecule has 31 heavy (non-hydrogen) atoms. The lowest BCUT2D eigenvalue weighted by molar-refractivity contribution is -0.131. The van der Waals surface area contributed by atoms with Gasteiger partial charge < -0.3 is 15.4 Å². The van der Waals surface area contributed by atoms with Crippen LogP contribution in [0.5, 0.6) is 5.75 Å². The zero-order valence-electron chi connectivity index (χ0n) is 18.3. The SMILES string of the molecule is CCC(=O)C1=C(CCC2CCCCCC2)NC(=O)N[C@H]1c1ccc(OC(C)=O)c(Cl)c1. The van der Waals surface area contributed by atoms with Gasteiger partial charge in [-0.05, 0) is 36.5 Å². The maximum atomic E-state index is 12.9. The number of hydrogen-bond acceptors (Lipinski definition) is 4. The smallest absolute Gasteiger partial charge is 0.319 e. The van der Waals surface area contributed by atoms with E-state index >= 15 is 0 Å². The van der Waals surface area contributed by atoms with Crippen LogP contribution >= 0.6 is 11.6 Å². The summed E-state index contributed by atoms with van der Waals surface area (Å²) in [4.78, 5) is 36.6. The lowest BCUT2D eigenvalue weighted by Gasteiger charge is -2.30. The van der Waals surface area contributed by atoms with Gasteiger partial charge in [0.25, 0.3) is 0 Å². The Morgan fingerprint density at radius 2 is 1.87 bits per heavy atom. The van der Waals surface area contributed by atoms with E-state index in [1.165, 1.54) is 45.4 Å². The Morgan fingerprint density at radius 3 is 2.48 bits per heavy atom. The first kappa shape index (κ1) is 23.3. The van der Waals surface area contributed by atoms with E-state index in [1.807, 2.05) is 6.92 Å². The third-order valence-corrected chi connectivity index (χ3v) is 6.39. The molecule has 0 bridgehead atoms. The highest BCUT2D eigenvalue weighted by Crippen LogP contribution is 2.35. The zero-order chi connectivity index (χ0) is 22.4. The molecule has 0 aromatic heterocycles. The topological polar surface area (TPSA) is 84.5 Å². The van der Waals surface area contributed by atoms with Gasteiger partial charge in [0.2, 0.25) is 0 Å². The molecule has 1 aliphatic heterocycles. The van der Waals surface area contributed by atoms with Crippen molar-refractivity contribution in [3.63, 3.8) is 0 Å². The van der Waals surface area contributed by atoms with Crippen LogP contribution in [0, 0.1) is 5.92 Å². The van der Waals surface area contributed by atoms with E-state index < -0.39 is 12.0 Å². The Morgan fingerprint density at radius 1 is 1.16 bits per heavy atom. The van der Waals surface area contributed by atoms with Crippen molar-refractivity contribution in [3.8, 4) is 5.75 Å². The van der Waals surface area contributed by atoms with Gasteiger partial charge >= 0.3 is 12.0 Å². The van der Waals surface area contributed by atoms with Crippen LogP contribution in [-0.2, 0) is 9.59 Å². The number of ether oxygens (including phenoxy) is 1. The Labute approximate surface area is 188 Å². The summed E-state index contributed by atoms with van der Waals surface area (Å²) in [5.41, 5.74) is 1.98. The van der Waals surface area contributed by atoms with Crippen molar-refractivity contribution in [2.45, 2.75) is 77.7 Å². The van der Waals surface area contributed by atoms with Crippen molar-refractivity contribution in [1.82, 2.24) is 10.6 Å². The maximum absolute atomic E-state index is 12.9. The summed E-state index contributed by atoms with van der Waals surface area (Å²) >= 11 is 6.30. The van der Waals surface area contributed by atoms with Crippen LogP contribution in [-0.4, -0.2) is 17.8 Å². The molecule has 1 saturated carbocycles. The molecule has 7 heteroatoms. The molecular weight excluding hydrogens is 416 g/mol. The first-order valence-corrected chi connectivity index (χ1v) is 11.6. The molecule has 0 saturated heterocycles. The molecule has 0 spiro atoms. The number of carbonyl (C=O) groups excluding carboxylic acids is 3. The third-order valence-electron chi connectivity index (χ3n) is 6.10. The molecule has 1 aliphatic carbocycles. The quantitative estimate of drug-likeness (QED) is 0.324. The summed E-state index contributed by atoms with van der Waals surface area (Å²) in [6.45, 7) is 3.13. The summed E-state index contributed by atoms with van der Waals surface area (Å²) in [5, 5.41) is 6.02. The Kier molecular flexibility index (Phi) is 8.13. The molecule has 0 unspecified atom stereocenters. The van der Waals surface area contributed by atoms with E-state index in [2.05, 4.69) is 10.6 Å². The number of benzene rings is 1. The molecular formula is C24H31ClN2O4. The number of nitrogens with one attached hydrogen (secondary N) is 2. The highest BCUT2D eigenvalue weighted by atomic mass is 35.5. The van der Waals surface area contributed by atoms with E-state index in [9.17, 15) is 14.4 Å². The molecule has 168 valence electrons. The van der Waals surface area contributed by atoms with Gasteiger partial charge in [-0.1, -0.05) is 63.1 Å². The molecule has 1 aromatic carbocycles. The number of esters is 1. The predicted molar refractivity (Wildman–Crippen MR) is 120 cm³/mol. The average molecular weight is 447 g/mol. The van der Waals surface area contributed by atoms with Crippen molar-refractivity contribution in [3.05, 3.63) is 40.1 Å². The first-order chi connectivity index (χ1) is 14.9. The normalized spacial score (nSPS) is 20.0. The van der Waals surface area contributed by atoms with E-state index in [1.54, 1.807) is 18.2 Å². The molecule has 1 aromatic rings. The fourth-order valence-electron chi connectivity index (χ4n) is 4.52. The number of amides is 2. The highest BCUT2D eigenvalue weighted by Gasteiger charge is 2.32. The second kappa shape index (κ2) is 10.8. The van der Waals surface area contributed by atoms with Crippen molar-refractivity contribution < 1.29 is 19.1 Å². The van der Waals surface area contributed by atoms with Gasteiger partial charge in [-0.15, -0.1) is 0 Å². The number of Topliss-reactive ketones (excluding diaryl/α,β-unsaturated/α-hetero) is 1. The highest BCUT2D eigenvalue weighted by molar-refractivity contribution is 6.32. The number of carbonyl (C=O) groups is 3. The van der Waals surface area contributed by atoms with Crippen LogP contribution in [0.4, 0.5) is 4.79 Å². The number of rotatable bonds is 7. The van der Waals surface area contributed by atoms with Crippen molar-refractivity contribution in [2.24, 2.45) is 5.92 Å². The van der Waals surface area contributed by atoms with Gasteiger partial charge in [-0.2, -0.15) is 0 Å². The summed E-state index contributed by atoms with van der Waals surface area (Å²) in [6, 6.07) is 4.05. The monoisotopic (exact) mass is 446 g/mol. The minimum absolute atomic E-state index is 0.00597. The average Bonchev–Trinajstić information content (AvgIpc) is 3.01. The van der Waals surface area contributed by atoms with Gasteiger partial charge in [0, 0.05) is 24.6 Å². The Hall–Kier alpha value is -2.34. The number of hydrogen-bond donors (Lipinski definition) is 2.